The molecule has 2 unspecified atom stereocenters. The number of aliphatic hydroxyl groups excluding tert-OH is 1. The Morgan fingerprint density at radius 2 is 2.00 bits per heavy atom. The molecule has 4 rings (SSSR count). The van der Waals surface area contributed by atoms with Crippen molar-refractivity contribution in [2.45, 2.75) is 29.9 Å². The zero-order chi connectivity index (χ0) is 20.9. The van der Waals surface area contributed by atoms with Crippen LogP contribution in [0, 0.1) is 0 Å². The molecule has 3 heterocycles. The Bertz CT molecular complexity index is 1060. The van der Waals surface area contributed by atoms with E-state index in [-0.39, 0.29) is 36.6 Å². The first-order chi connectivity index (χ1) is 13.8. The van der Waals surface area contributed by atoms with Crippen molar-refractivity contribution in [1.29, 1.82) is 0 Å². The summed E-state index contributed by atoms with van der Waals surface area (Å²) in [5.41, 5.74) is 4.17. The van der Waals surface area contributed by atoms with Gasteiger partial charge in [0.15, 0.2) is 22.7 Å². The van der Waals surface area contributed by atoms with Crippen LogP contribution in [0.1, 0.15) is 12.0 Å². The van der Waals surface area contributed by atoms with Gasteiger partial charge in [0.05, 0.1) is 31.3 Å². The van der Waals surface area contributed by atoms with Gasteiger partial charge in [0.25, 0.3) is 0 Å². The summed E-state index contributed by atoms with van der Waals surface area (Å²) in [5.74, 6) is -3.39. The number of imidazole rings is 1. The Kier molecular flexibility index (Phi) is 4.44. The van der Waals surface area contributed by atoms with Gasteiger partial charge in [-0.25, -0.2) is 15.0 Å². The summed E-state index contributed by atoms with van der Waals surface area (Å²) in [6.07, 6.45) is 4.23. The van der Waals surface area contributed by atoms with Gasteiger partial charge in [-0.05, 0) is 24.5 Å². The quantitative estimate of drug-likeness (QED) is 0.227. The average Bonchev–Trinajstić information content (AvgIpc) is 3.21. The van der Waals surface area contributed by atoms with Crippen molar-refractivity contribution in [3.05, 3.63) is 42.6 Å². The van der Waals surface area contributed by atoms with Crippen LogP contribution in [0.3, 0.4) is 0 Å². The van der Waals surface area contributed by atoms with Gasteiger partial charge in [0, 0.05) is 0 Å². The summed E-state index contributed by atoms with van der Waals surface area (Å²) in [6, 6.07) is 4.53. The summed E-state index contributed by atoms with van der Waals surface area (Å²) in [7, 11) is 0. The van der Waals surface area contributed by atoms with E-state index < -0.39 is 23.7 Å². The summed E-state index contributed by atoms with van der Waals surface area (Å²) >= 11 is 0. The van der Waals surface area contributed by atoms with Crippen molar-refractivity contribution in [1.82, 2.24) is 19.5 Å². The van der Waals surface area contributed by atoms with Gasteiger partial charge in [-0.15, -0.1) is 0 Å². The molecule has 29 heavy (non-hydrogen) atoms. The number of hydrogen-bond acceptors (Lipinski definition) is 10. The molecular formula is C18H21N5O6. The Labute approximate surface area is 164 Å². The van der Waals surface area contributed by atoms with Crippen molar-refractivity contribution >= 4 is 11.2 Å². The van der Waals surface area contributed by atoms with Crippen molar-refractivity contribution in [2.75, 3.05) is 13.2 Å². The molecule has 2 aromatic heterocycles. The molecule has 1 saturated heterocycles. The number of nitrogens with two attached hydrogens (primary N) is 1. The number of nitrogens with zero attached hydrogens (tertiary/aromatic N) is 4. The lowest BCUT2D eigenvalue weighted by Crippen LogP contribution is -2.69. The highest BCUT2D eigenvalue weighted by Gasteiger charge is 2.69. The van der Waals surface area contributed by atoms with Crippen LogP contribution in [0.5, 0.6) is 11.5 Å². The van der Waals surface area contributed by atoms with E-state index in [9.17, 15) is 25.5 Å². The molecular weight excluding hydrogens is 382 g/mol. The number of ether oxygens (including phenoxy) is 1. The highest BCUT2D eigenvalue weighted by atomic mass is 16.8. The molecule has 0 radical (unpaired) electrons. The molecule has 0 aliphatic carbocycles. The lowest BCUT2D eigenvalue weighted by Gasteiger charge is -2.45. The number of aliphatic hydroxyl groups is 3. The van der Waals surface area contributed by atoms with Crippen LogP contribution in [0.2, 0.25) is 0 Å². The molecule has 1 fully saturated rings. The molecule has 0 spiro atoms. The first-order valence-electron chi connectivity index (χ1n) is 8.87. The highest BCUT2D eigenvalue weighted by Crippen LogP contribution is 2.47. The molecule has 0 bridgehead atoms. The number of phenolic OH excluding ortho intramolecular Hbond substituents is 2. The van der Waals surface area contributed by atoms with E-state index in [1.165, 1.54) is 29.5 Å². The van der Waals surface area contributed by atoms with Crippen LogP contribution < -0.4 is 5.73 Å². The highest BCUT2D eigenvalue weighted by molar-refractivity contribution is 5.69. The number of aromatic hydroxyl groups is 2. The molecule has 2 atom stereocenters. The smallest absolute Gasteiger partial charge is 0.307 e. The van der Waals surface area contributed by atoms with E-state index in [4.69, 9.17) is 10.5 Å². The molecule has 154 valence electrons. The second-order valence-electron chi connectivity index (χ2n) is 7.20. The van der Waals surface area contributed by atoms with E-state index in [1.54, 1.807) is 12.1 Å². The van der Waals surface area contributed by atoms with Gasteiger partial charge in [0.1, 0.15) is 11.8 Å². The number of fused-ring (bicyclic) bond motifs is 1. The van der Waals surface area contributed by atoms with Crippen LogP contribution >= 0.6 is 0 Å². The fourth-order valence-electron chi connectivity index (χ4n) is 3.99. The van der Waals surface area contributed by atoms with Crippen LogP contribution in [-0.2, 0) is 16.7 Å². The minimum Gasteiger partial charge on any atom is -0.504 e. The third-order valence-corrected chi connectivity index (χ3v) is 5.69. The second kappa shape index (κ2) is 6.61. The van der Waals surface area contributed by atoms with Gasteiger partial charge in [-0.2, -0.15) is 0 Å². The minimum absolute atomic E-state index is 0.0677. The predicted octanol–water partition coefficient (Wildman–Crippen LogP) is -1.08. The summed E-state index contributed by atoms with van der Waals surface area (Å²) in [5, 5.41) is 51.5. The maximum atomic E-state index is 10.7. The summed E-state index contributed by atoms with van der Waals surface area (Å²) < 4.78 is 6.49. The van der Waals surface area contributed by atoms with Crippen LogP contribution in [0.25, 0.3) is 11.2 Å². The van der Waals surface area contributed by atoms with E-state index in [0.717, 1.165) is 0 Å². The zero-order valence-corrected chi connectivity index (χ0v) is 15.3. The lowest BCUT2D eigenvalue weighted by atomic mass is 9.74. The van der Waals surface area contributed by atoms with Crippen LogP contribution in [0.4, 0.5) is 0 Å². The number of hydrogen-bond donors (Lipinski definition) is 6. The topological polar surface area (TPSA) is 180 Å². The molecule has 11 heteroatoms. The third-order valence-electron chi connectivity index (χ3n) is 5.69. The molecule has 0 saturated carbocycles. The molecule has 7 N–H and O–H groups in total. The van der Waals surface area contributed by atoms with Gasteiger partial charge in [-0.3, -0.25) is 4.57 Å². The van der Waals surface area contributed by atoms with E-state index in [1.807, 2.05) is 0 Å². The Balaban J connectivity index is 1.80. The number of para-hydroxylation sites is 1. The second-order valence-corrected chi connectivity index (χ2v) is 7.20. The van der Waals surface area contributed by atoms with E-state index >= 15 is 0 Å². The molecule has 0 amide bonds. The van der Waals surface area contributed by atoms with Gasteiger partial charge >= 0.3 is 5.97 Å². The van der Waals surface area contributed by atoms with Gasteiger partial charge in [-0.1, -0.05) is 12.1 Å². The first-order valence-corrected chi connectivity index (χ1v) is 8.87. The number of aryl methyl sites for hydroxylation is 1. The number of aromatic nitrogens is 4. The predicted molar refractivity (Wildman–Crippen MR) is 98.5 cm³/mol. The molecule has 11 nitrogen and oxygen atoms in total. The third kappa shape index (κ3) is 2.67. The van der Waals surface area contributed by atoms with Crippen molar-refractivity contribution in [3.63, 3.8) is 0 Å². The van der Waals surface area contributed by atoms with Gasteiger partial charge < -0.3 is 36.0 Å². The fourth-order valence-corrected chi connectivity index (χ4v) is 3.99. The van der Waals surface area contributed by atoms with Crippen molar-refractivity contribution in [3.8, 4) is 11.5 Å². The molecule has 1 aliphatic heterocycles. The maximum Gasteiger partial charge on any atom is 0.307 e. The Hall–Kier alpha value is -2.83. The Morgan fingerprint density at radius 3 is 2.76 bits per heavy atom. The number of phenols is 2. The normalized spacial score (nSPS) is 26.2. The summed E-state index contributed by atoms with van der Waals surface area (Å²) in [4.78, 5) is 12.2. The zero-order valence-electron chi connectivity index (χ0n) is 15.3. The summed E-state index contributed by atoms with van der Waals surface area (Å²) in [6.45, 7) is -1.09. The maximum absolute atomic E-state index is 10.7. The van der Waals surface area contributed by atoms with Crippen molar-refractivity contribution < 1.29 is 30.3 Å². The van der Waals surface area contributed by atoms with E-state index in [0.29, 0.717) is 11.1 Å². The van der Waals surface area contributed by atoms with Crippen LogP contribution in [-0.4, -0.2) is 69.8 Å². The molecule has 1 aromatic carbocycles. The van der Waals surface area contributed by atoms with Gasteiger partial charge in [0.2, 0.25) is 0 Å². The SMILES string of the molecule is NC1(CCc2cccc(O)c2O)COC(O)(O)C1(CO)n1cnc2cncnc21. The molecule has 1 aliphatic rings. The number of benzene rings is 1. The first kappa shape index (κ1) is 19.5. The van der Waals surface area contributed by atoms with E-state index in [2.05, 4.69) is 15.0 Å². The number of rotatable bonds is 5. The fraction of sp³-hybridized carbons (Fsp3) is 0.389. The largest absolute Gasteiger partial charge is 0.504 e. The standard InChI is InChI=1S/C18H21N5O6/c19-16(5-4-11-2-1-3-13(25)14(11)26)8-29-18(27,28)17(16,7-24)23-10-22-12-6-20-9-21-15(12)23/h1-3,6,9-10,24-28H,4-5,7-8,19H2. The van der Waals surface area contributed by atoms with Crippen LogP contribution in [0.15, 0.2) is 37.1 Å². The lowest BCUT2D eigenvalue weighted by molar-refractivity contribution is -0.360. The monoisotopic (exact) mass is 403 g/mol. The Morgan fingerprint density at radius 1 is 1.21 bits per heavy atom. The van der Waals surface area contributed by atoms with Crippen molar-refractivity contribution in [2.24, 2.45) is 5.73 Å². The average molecular weight is 403 g/mol. The minimum atomic E-state index is -2.82. The molecule has 3 aromatic rings.